The van der Waals surface area contributed by atoms with Crippen molar-refractivity contribution in [3.63, 3.8) is 0 Å². The Morgan fingerprint density at radius 1 is 1.50 bits per heavy atom. The van der Waals surface area contributed by atoms with Crippen molar-refractivity contribution in [2.24, 2.45) is 5.73 Å². The number of rotatable bonds is 4. The number of allylic oxidation sites excluding steroid dienone is 1. The highest BCUT2D eigenvalue weighted by Crippen LogP contribution is 2.23. The number of hydrogen-bond donors (Lipinski definition) is 1. The zero-order valence-corrected chi connectivity index (χ0v) is 8.18. The lowest BCUT2D eigenvalue weighted by Crippen LogP contribution is -2.13. The van der Waals surface area contributed by atoms with Gasteiger partial charge >= 0.3 is 0 Å². The molecule has 1 atom stereocenters. The molecule has 0 aromatic heterocycles. The van der Waals surface area contributed by atoms with Gasteiger partial charge in [0.05, 0.1) is 0 Å². The van der Waals surface area contributed by atoms with Crippen LogP contribution in [0.3, 0.4) is 0 Å². The molecule has 0 heterocycles. The Bertz CT molecular complexity index is 149. The predicted molar refractivity (Wildman–Crippen MR) is 54.1 cm³/mol. The van der Waals surface area contributed by atoms with E-state index in [1.165, 1.54) is 38.5 Å². The van der Waals surface area contributed by atoms with Gasteiger partial charge in [-0.15, -0.1) is 0 Å². The van der Waals surface area contributed by atoms with Crippen LogP contribution in [-0.2, 0) is 0 Å². The summed E-state index contributed by atoms with van der Waals surface area (Å²) in [6.45, 7) is 2.25. The second kappa shape index (κ2) is 5.36. The molecule has 0 saturated heterocycles. The summed E-state index contributed by atoms with van der Waals surface area (Å²) < 4.78 is 0. The molecule has 0 aromatic rings. The lowest BCUT2D eigenvalue weighted by atomic mass is 10.1. The SMILES string of the molecule is CCCCCC=C1CCC(N)C1. The Hall–Kier alpha value is -0.300. The van der Waals surface area contributed by atoms with Gasteiger partial charge in [0, 0.05) is 6.04 Å². The normalized spacial score (nSPS) is 26.8. The zero-order chi connectivity index (χ0) is 8.81. The molecule has 0 bridgehead atoms. The number of unbranched alkanes of at least 4 members (excludes halogenated alkanes) is 3. The minimum atomic E-state index is 0.461. The maximum atomic E-state index is 5.81. The van der Waals surface area contributed by atoms with Crippen molar-refractivity contribution in [3.8, 4) is 0 Å². The average Bonchev–Trinajstić information content (AvgIpc) is 2.45. The van der Waals surface area contributed by atoms with E-state index >= 15 is 0 Å². The lowest BCUT2D eigenvalue weighted by molar-refractivity contribution is 0.709. The molecular weight excluding hydrogens is 146 g/mol. The van der Waals surface area contributed by atoms with E-state index in [4.69, 9.17) is 5.73 Å². The molecule has 0 amide bonds. The summed E-state index contributed by atoms with van der Waals surface area (Å²) in [7, 11) is 0. The first-order valence-electron chi connectivity index (χ1n) is 5.26. The van der Waals surface area contributed by atoms with Crippen molar-refractivity contribution >= 4 is 0 Å². The minimum Gasteiger partial charge on any atom is -0.327 e. The Labute approximate surface area is 76.0 Å². The first-order chi connectivity index (χ1) is 5.83. The Kier molecular flexibility index (Phi) is 4.37. The minimum absolute atomic E-state index is 0.461. The van der Waals surface area contributed by atoms with Gasteiger partial charge in [-0.1, -0.05) is 31.4 Å². The van der Waals surface area contributed by atoms with Gasteiger partial charge in [0.25, 0.3) is 0 Å². The van der Waals surface area contributed by atoms with Gasteiger partial charge in [0.1, 0.15) is 0 Å². The summed E-state index contributed by atoms with van der Waals surface area (Å²) >= 11 is 0. The van der Waals surface area contributed by atoms with Crippen molar-refractivity contribution in [2.75, 3.05) is 0 Å². The molecule has 1 fully saturated rings. The molecule has 0 aromatic carbocycles. The molecule has 1 unspecified atom stereocenters. The molecule has 1 nitrogen and oxygen atoms in total. The van der Waals surface area contributed by atoms with Gasteiger partial charge in [0.2, 0.25) is 0 Å². The van der Waals surface area contributed by atoms with Crippen LogP contribution in [0.4, 0.5) is 0 Å². The van der Waals surface area contributed by atoms with E-state index in [0.29, 0.717) is 6.04 Å². The van der Waals surface area contributed by atoms with Crippen molar-refractivity contribution in [3.05, 3.63) is 11.6 Å². The van der Waals surface area contributed by atoms with E-state index in [9.17, 15) is 0 Å². The maximum Gasteiger partial charge on any atom is 0.00791 e. The van der Waals surface area contributed by atoms with Crippen LogP contribution in [-0.4, -0.2) is 6.04 Å². The Morgan fingerprint density at radius 3 is 2.92 bits per heavy atom. The van der Waals surface area contributed by atoms with E-state index in [-0.39, 0.29) is 0 Å². The highest BCUT2D eigenvalue weighted by atomic mass is 14.6. The first-order valence-corrected chi connectivity index (χ1v) is 5.26. The van der Waals surface area contributed by atoms with Crippen molar-refractivity contribution in [2.45, 2.75) is 57.9 Å². The van der Waals surface area contributed by atoms with E-state index in [1.54, 1.807) is 5.57 Å². The zero-order valence-electron chi connectivity index (χ0n) is 8.18. The van der Waals surface area contributed by atoms with Crippen LogP contribution in [0.1, 0.15) is 51.9 Å². The van der Waals surface area contributed by atoms with E-state index in [1.807, 2.05) is 0 Å². The van der Waals surface area contributed by atoms with E-state index in [2.05, 4.69) is 13.0 Å². The van der Waals surface area contributed by atoms with Gasteiger partial charge in [-0.3, -0.25) is 0 Å². The summed E-state index contributed by atoms with van der Waals surface area (Å²) in [5.74, 6) is 0. The van der Waals surface area contributed by atoms with Gasteiger partial charge in [0.15, 0.2) is 0 Å². The number of nitrogens with two attached hydrogens (primary N) is 1. The van der Waals surface area contributed by atoms with Crippen LogP contribution >= 0.6 is 0 Å². The second-order valence-corrected chi connectivity index (χ2v) is 3.86. The quantitative estimate of drug-likeness (QED) is 0.505. The largest absolute Gasteiger partial charge is 0.327 e. The molecule has 12 heavy (non-hydrogen) atoms. The molecule has 2 N–H and O–H groups in total. The predicted octanol–water partition coefficient (Wildman–Crippen LogP) is 3.00. The monoisotopic (exact) mass is 167 g/mol. The van der Waals surface area contributed by atoms with Crippen molar-refractivity contribution < 1.29 is 0 Å². The van der Waals surface area contributed by atoms with Crippen LogP contribution < -0.4 is 5.73 Å². The second-order valence-electron chi connectivity index (χ2n) is 3.86. The summed E-state index contributed by atoms with van der Waals surface area (Å²) in [5.41, 5.74) is 7.42. The van der Waals surface area contributed by atoms with E-state index in [0.717, 1.165) is 6.42 Å². The topological polar surface area (TPSA) is 26.0 Å². The molecule has 0 radical (unpaired) electrons. The Balaban J connectivity index is 2.11. The van der Waals surface area contributed by atoms with Crippen LogP contribution in [0.15, 0.2) is 11.6 Å². The molecule has 1 saturated carbocycles. The third-order valence-corrected chi connectivity index (χ3v) is 2.60. The molecule has 1 aliphatic rings. The maximum absolute atomic E-state index is 5.81. The highest BCUT2D eigenvalue weighted by molar-refractivity contribution is 5.09. The molecule has 1 rings (SSSR count). The fourth-order valence-corrected chi connectivity index (χ4v) is 1.80. The fourth-order valence-electron chi connectivity index (χ4n) is 1.80. The first kappa shape index (κ1) is 9.79. The summed E-state index contributed by atoms with van der Waals surface area (Å²) in [6.07, 6.45) is 11.4. The fraction of sp³-hybridized carbons (Fsp3) is 0.818. The Morgan fingerprint density at radius 2 is 2.33 bits per heavy atom. The van der Waals surface area contributed by atoms with Crippen molar-refractivity contribution in [1.82, 2.24) is 0 Å². The summed E-state index contributed by atoms with van der Waals surface area (Å²) in [4.78, 5) is 0. The molecule has 1 aliphatic carbocycles. The average molecular weight is 167 g/mol. The van der Waals surface area contributed by atoms with Crippen LogP contribution in [0.5, 0.6) is 0 Å². The molecular formula is C11H21N. The van der Waals surface area contributed by atoms with Gasteiger partial charge in [-0.05, 0) is 32.1 Å². The summed E-state index contributed by atoms with van der Waals surface area (Å²) in [5, 5.41) is 0. The van der Waals surface area contributed by atoms with Gasteiger partial charge < -0.3 is 5.73 Å². The standard InChI is InChI=1S/C11H21N/c1-2-3-4-5-6-10-7-8-11(12)9-10/h6,11H,2-5,7-9,12H2,1H3. The van der Waals surface area contributed by atoms with Crippen LogP contribution in [0.25, 0.3) is 0 Å². The highest BCUT2D eigenvalue weighted by Gasteiger charge is 2.13. The lowest BCUT2D eigenvalue weighted by Gasteiger charge is -1.97. The van der Waals surface area contributed by atoms with E-state index < -0.39 is 0 Å². The van der Waals surface area contributed by atoms with Crippen LogP contribution in [0, 0.1) is 0 Å². The van der Waals surface area contributed by atoms with Gasteiger partial charge in [-0.25, -0.2) is 0 Å². The molecule has 1 heteroatoms. The molecule has 70 valence electrons. The molecule has 0 aliphatic heterocycles. The summed E-state index contributed by atoms with van der Waals surface area (Å²) in [6, 6.07) is 0.461. The molecule has 0 spiro atoms. The van der Waals surface area contributed by atoms with Crippen LogP contribution in [0.2, 0.25) is 0 Å². The third-order valence-electron chi connectivity index (χ3n) is 2.60. The number of hydrogen-bond acceptors (Lipinski definition) is 1. The van der Waals surface area contributed by atoms with Gasteiger partial charge in [-0.2, -0.15) is 0 Å². The third kappa shape index (κ3) is 3.40. The smallest absolute Gasteiger partial charge is 0.00791 e. The van der Waals surface area contributed by atoms with Crippen molar-refractivity contribution in [1.29, 1.82) is 0 Å².